The normalized spacial score (nSPS) is 24.6. The van der Waals surface area contributed by atoms with E-state index in [1.165, 1.54) is 24.0 Å². The predicted molar refractivity (Wildman–Crippen MR) is 66.2 cm³/mol. The number of rotatable bonds is 1. The topological polar surface area (TPSA) is 0 Å². The van der Waals surface area contributed by atoms with E-state index in [1.54, 1.807) is 0 Å². The zero-order valence-corrected chi connectivity index (χ0v) is 10.1. The highest BCUT2D eigenvalue weighted by Gasteiger charge is 2.27. The van der Waals surface area contributed by atoms with E-state index >= 15 is 0 Å². The molecule has 0 saturated heterocycles. The van der Waals surface area contributed by atoms with Crippen LogP contribution >= 0.6 is 0 Å². The van der Waals surface area contributed by atoms with Crippen molar-refractivity contribution < 1.29 is 1.37 Å². The molecule has 0 heteroatoms. The first-order valence-corrected chi connectivity index (χ1v) is 5.99. The molecule has 1 aliphatic carbocycles. The van der Waals surface area contributed by atoms with Crippen LogP contribution in [0.4, 0.5) is 0 Å². The highest BCUT2D eigenvalue weighted by atomic mass is 14.3. The van der Waals surface area contributed by atoms with Gasteiger partial charge in [-0.1, -0.05) is 43.7 Å². The highest BCUT2D eigenvalue weighted by Crippen LogP contribution is 2.42. The van der Waals surface area contributed by atoms with E-state index in [1.807, 2.05) is 0 Å². The molecule has 1 aromatic carbocycles. The highest BCUT2D eigenvalue weighted by molar-refractivity contribution is 5.25. The summed E-state index contributed by atoms with van der Waals surface area (Å²) < 4.78 is 8.63. The molecule has 0 unspecified atom stereocenters. The molecule has 15 heavy (non-hydrogen) atoms. The standard InChI is InChI=1S/C15H22/c1-12-5-4-6-14(11-12)13-7-9-15(2,3)10-8-13/h4-6,11,13H,7-10H2,1-3H3/i13D. The van der Waals surface area contributed by atoms with Crippen molar-refractivity contribution in [3.63, 3.8) is 0 Å². The summed E-state index contributed by atoms with van der Waals surface area (Å²) in [4.78, 5) is 0. The van der Waals surface area contributed by atoms with Gasteiger partial charge >= 0.3 is 0 Å². The number of benzene rings is 1. The van der Waals surface area contributed by atoms with Gasteiger partial charge in [-0.15, -0.1) is 0 Å². The van der Waals surface area contributed by atoms with Crippen LogP contribution in [0, 0.1) is 12.3 Å². The SMILES string of the molecule is [2H]C1(c2cccc(C)c2)CCC(C)(C)CC1. The molecule has 0 nitrogen and oxygen atoms in total. The third kappa shape index (κ3) is 2.62. The van der Waals surface area contributed by atoms with Crippen molar-refractivity contribution in [2.45, 2.75) is 52.3 Å². The first kappa shape index (κ1) is 9.45. The summed E-state index contributed by atoms with van der Waals surface area (Å²) in [7, 11) is 0. The van der Waals surface area contributed by atoms with Gasteiger partial charge in [0.05, 0.1) is 0 Å². The van der Waals surface area contributed by atoms with Crippen molar-refractivity contribution in [1.82, 2.24) is 0 Å². The van der Waals surface area contributed by atoms with Gasteiger partial charge in [0, 0.05) is 1.37 Å². The first-order chi connectivity index (χ1) is 7.41. The van der Waals surface area contributed by atoms with Crippen molar-refractivity contribution >= 4 is 0 Å². The lowest BCUT2D eigenvalue weighted by atomic mass is 9.71. The summed E-state index contributed by atoms with van der Waals surface area (Å²) in [6.45, 7) is 6.76. The molecule has 1 aromatic rings. The van der Waals surface area contributed by atoms with E-state index in [0.717, 1.165) is 12.8 Å². The van der Waals surface area contributed by atoms with Crippen LogP contribution in [0.25, 0.3) is 0 Å². The van der Waals surface area contributed by atoms with Crippen LogP contribution in [0.5, 0.6) is 0 Å². The van der Waals surface area contributed by atoms with Crippen molar-refractivity contribution in [2.75, 3.05) is 0 Å². The van der Waals surface area contributed by atoms with Crippen LogP contribution in [-0.2, 0) is 0 Å². The molecule has 0 heterocycles. The van der Waals surface area contributed by atoms with Crippen LogP contribution in [0.15, 0.2) is 24.3 Å². The second kappa shape index (κ2) is 4.00. The van der Waals surface area contributed by atoms with Gasteiger partial charge in [-0.2, -0.15) is 0 Å². The van der Waals surface area contributed by atoms with Crippen LogP contribution in [-0.4, -0.2) is 0 Å². The van der Waals surface area contributed by atoms with Crippen LogP contribution < -0.4 is 0 Å². The molecule has 0 bridgehead atoms. The Morgan fingerprint density at radius 2 is 1.93 bits per heavy atom. The van der Waals surface area contributed by atoms with Gasteiger partial charge in [-0.05, 0) is 49.5 Å². The Morgan fingerprint density at radius 3 is 2.53 bits per heavy atom. The van der Waals surface area contributed by atoms with Crippen LogP contribution in [0.2, 0.25) is 0 Å². The van der Waals surface area contributed by atoms with Crippen LogP contribution in [0.1, 0.15) is 57.9 Å². The Balaban J connectivity index is 2.21. The van der Waals surface area contributed by atoms with Gasteiger partial charge in [0.2, 0.25) is 0 Å². The van der Waals surface area contributed by atoms with E-state index in [9.17, 15) is 0 Å². The molecule has 1 fully saturated rings. The summed E-state index contributed by atoms with van der Waals surface area (Å²) >= 11 is 0. The summed E-state index contributed by atoms with van der Waals surface area (Å²) in [6, 6.07) is 8.50. The molecule has 0 amide bonds. The fraction of sp³-hybridized carbons (Fsp3) is 0.600. The van der Waals surface area contributed by atoms with Crippen LogP contribution in [0.3, 0.4) is 0 Å². The van der Waals surface area contributed by atoms with Gasteiger partial charge in [0.15, 0.2) is 0 Å². The molecule has 2 rings (SSSR count). The second-order valence-corrected chi connectivity index (χ2v) is 5.64. The van der Waals surface area contributed by atoms with Crippen molar-refractivity contribution in [1.29, 1.82) is 0 Å². The third-order valence-electron chi connectivity index (χ3n) is 3.63. The second-order valence-electron chi connectivity index (χ2n) is 5.64. The lowest BCUT2D eigenvalue weighted by molar-refractivity contribution is 0.224. The van der Waals surface area contributed by atoms with Gasteiger partial charge < -0.3 is 0 Å². The number of aryl methyl sites for hydroxylation is 1. The molecular weight excluding hydrogens is 180 g/mol. The van der Waals surface area contributed by atoms with Gasteiger partial charge in [-0.3, -0.25) is 0 Å². The maximum Gasteiger partial charge on any atom is 0.0352 e. The first-order valence-electron chi connectivity index (χ1n) is 6.49. The minimum absolute atomic E-state index is 0.332. The van der Waals surface area contributed by atoms with E-state index in [4.69, 9.17) is 1.37 Å². The molecule has 0 spiro atoms. The fourth-order valence-corrected chi connectivity index (χ4v) is 2.38. The molecule has 1 saturated carbocycles. The van der Waals surface area contributed by atoms with E-state index in [0.29, 0.717) is 5.41 Å². The molecule has 1 aliphatic rings. The Hall–Kier alpha value is -0.780. The van der Waals surface area contributed by atoms with Crippen molar-refractivity contribution in [3.05, 3.63) is 35.4 Å². The zero-order chi connectivity index (χ0) is 11.8. The summed E-state index contributed by atoms with van der Waals surface area (Å²) in [5.41, 5.74) is 2.92. The van der Waals surface area contributed by atoms with E-state index < -0.39 is 0 Å². The molecule has 0 N–H and O–H groups in total. The van der Waals surface area contributed by atoms with E-state index in [-0.39, 0.29) is 5.89 Å². The minimum atomic E-state index is -0.332. The quantitative estimate of drug-likeness (QED) is 0.621. The van der Waals surface area contributed by atoms with E-state index in [2.05, 4.69) is 45.0 Å². The largest absolute Gasteiger partial charge is 0.0617 e. The maximum absolute atomic E-state index is 8.63. The lowest BCUT2D eigenvalue weighted by Crippen LogP contribution is -2.20. The Bertz CT molecular complexity index is 369. The average Bonchev–Trinajstić information content (AvgIpc) is 2.23. The summed E-state index contributed by atoms with van der Waals surface area (Å²) in [6.07, 6.45) is 4.35. The molecule has 0 atom stereocenters. The monoisotopic (exact) mass is 203 g/mol. The maximum atomic E-state index is 8.63. The van der Waals surface area contributed by atoms with Crippen molar-refractivity contribution in [3.8, 4) is 0 Å². The molecule has 82 valence electrons. The summed E-state index contributed by atoms with van der Waals surface area (Å²) in [5.74, 6) is -0.332. The Kier molecular flexibility index (Phi) is 2.52. The van der Waals surface area contributed by atoms with Gasteiger partial charge in [0.1, 0.15) is 0 Å². The number of hydrogen-bond acceptors (Lipinski definition) is 0. The minimum Gasteiger partial charge on any atom is -0.0617 e. The molecule has 0 aromatic heterocycles. The summed E-state index contributed by atoms with van der Waals surface area (Å²) in [5, 5.41) is 0. The molecule has 0 aliphatic heterocycles. The van der Waals surface area contributed by atoms with Gasteiger partial charge in [-0.25, -0.2) is 0 Å². The molecular formula is C15H22. The lowest BCUT2D eigenvalue weighted by Gasteiger charge is -2.34. The van der Waals surface area contributed by atoms with Crippen molar-refractivity contribution in [2.24, 2.45) is 5.41 Å². The smallest absolute Gasteiger partial charge is 0.0352 e. The fourth-order valence-electron chi connectivity index (χ4n) is 2.38. The zero-order valence-electron chi connectivity index (χ0n) is 11.1. The predicted octanol–water partition coefficient (Wildman–Crippen LogP) is 4.68. The number of hydrogen-bond donors (Lipinski definition) is 0. The third-order valence-corrected chi connectivity index (χ3v) is 3.63. The van der Waals surface area contributed by atoms with Gasteiger partial charge in [0.25, 0.3) is 0 Å². The Morgan fingerprint density at radius 1 is 1.27 bits per heavy atom. The average molecular weight is 203 g/mol. The Labute approximate surface area is 95.1 Å². The molecule has 0 radical (unpaired) electrons.